The summed E-state index contributed by atoms with van der Waals surface area (Å²) >= 11 is 1.75. The third-order valence-electron chi connectivity index (χ3n) is 1.95. The van der Waals surface area contributed by atoms with E-state index in [0.29, 0.717) is 5.82 Å². The van der Waals surface area contributed by atoms with E-state index in [1.54, 1.807) is 11.8 Å². The molecule has 5 nitrogen and oxygen atoms in total. The summed E-state index contributed by atoms with van der Waals surface area (Å²) in [6.07, 6.45) is 0. The Morgan fingerprint density at radius 1 is 1.69 bits per heavy atom. The highest BCUT2D eigenvalue weighted by Crippen LogP contribution is 2.32. The monoisotopic (exact) mass is 199 g/mol. The van der Waals surface area contributed by atoms with Crippen LogP contribution in [0.5, 0.6) is 0 Å². The van der Waals surface area contributed by atoms with Gasteiger partial charge in [-0.25, -0.2) is 4.68 Å². The minimum absolute atomic E-state index is 0.149. The largest absolute Gasteiger partial charge is 0.480 e. The van der Waals surface area contributed by atoms with Gasteiger partial charge < -0.3 is 10.8 Å². The minimum Gasteiger partial charge on any atom is -0.480 e. The predicted molar refractivity (Wildman–Crippen MR) is 49.3 cm³/mol. The van der Waals surface area contributed by atoms with Crippen LogP contribution in [-0.4, -0.2) is 20.9 Å². The first-order valence-corrected chi connectivity index (χ1v) is 4.97. The van der Waals surface area contributed by atoms with Crippen LogP contribution in [0.1, 0.15) is 11.3 Å². The topological polar surface area (TPSA) is 81.1 Å². The molecule has 3 N–H and O–H groups in total. The SMILES string of the molecule is Nc1c2c(nn1CC(=O)O)CSC2. The van der Waals surface area contributed by atoms with Crippen LogP contribution in [0.25, 0.3) is 0 Å². The molecule has 0 amide bonds. The van der Waals surface area contributed by atoms with Crippen molar-refractivity contribution in [2.75, 3.05) is 5.73 Å². The van der Waals surface area contributed by atoms with Gasteiger partial charge in [-0.05, 0) is 0 Å². The lowest BCUT2D eigenvalue weighted by atomic mass is 10.3. The van der Waals surface area contributed by atoms with Crippen molar-refractivity contribution in [3.05, 3.63) is 11.3 Å². The second-order valence-corrected chi connectivity index (χ2v) is 3.84. The quantitative estimate of drug-likeness (QED) is 0.715. The number of anilines is 1. The number of nitrogens with two attached hydrogens (primary N) is 1. The zero-order chi connectivity index (χ0) is 9.42. The molecule has 0 aromatic carbocycles. The molecular formula is C7H9N3O2S. The Bertz CT molecular complexity index is 361. The lowest BCUT2D eigenvalue weighted by Crippen LogP contribution is -2.13. The number of nitrogens with zero attached hydrogens (tertiary/aromatic N) is 2. The first-order chi connectivity index (χ1) is 6.18. The van der Waals surface area contributed by atoms with Gasteiger partial charge in [0, 0.05) is 17.1 Å². The maximum atomic E-state index is 10.4. The normalized spacial score (nSPS) is 14.5. The maximum Gasteiger partial charge on any atom is 0.325 e. The summed E-state index contributed by atoms with van der Waals surface area (Å²) in [6.45, 7) is -0.149. The third-order valence-corrected chi connectivity index (χ3v) is 2.92. The lowest BCUT2D eigenvalue weighted by Gasteiger charge is -2.00. The van der Waals surface area contributed by atoms with Crippen LogP contribution >= 0.6 is 11.8 Å². The van der Waals surface area contributed by atoms with E-state index < -0.39 is 5.97 Å². The molecule has 6 heteroatoms. The van der Waals surface area contributed by atoms with Gasteiger partial charge in [0.1, 0.15) is 12.4 Å². The molecule has 0 atom stereocenters. The van der Waals surface area contributed by atoms with Gasteiger partial charge in [0.25, 0.3) is 0 Å². The fraction of sp³-hybridized carbons (Fsp3) is 0.429. The maximum absolute atomic E-state index is 10.4. The number of nitrogen functional groups attached to an aromatic ring is 1. The fourth-order valence-corrected chi connectivity index (χ4v) is 2.38. The number of aliphatic carboxylic acids is 1. The van der Waals surface area contributed by atoms with Crippen molar-refractivity contribution in [1.82, 2.24) is 9.78 Å². The van der Waals surface area contributed by atoms with Gasteiger partial charge in [-0.2, -0.15) is 16.9 Å². The van der Waals surface area contributed by atoms with Gasteiger partial charge in [0.05, 0.1) is 5.69 Å². The molecule has 0 unspecified atom stereocenters. The van der Waals surface area contributed by atoms with E-state index in [-0.39, 0.29) is 6.54 Å². The molecule has 0 spiro atoms. The van der Waals surface area contributed by atoms with Crippen molar-refractivity contribution in [1.29, 1.82) is 0 Å². The molecule has 0 saturated carbocycles. The zero-order valence-corrected chi connectivity index (χ0v) is 7.67. The molecule has 1 aromatic heterocycles. The Hall–Kier alpha value is -1.17. The Balaban J connectivity index is 2.33. The van der Waals surface area contributed by atoms with Crippen LogP contribution in [0, 0.1) is 0 Å². The van der Waals surface area contributed by atoms with Crippen LogP contribution < -0.4 is 5.73 Å². The summed E-state index contributed by atoms with van der Waals surface area (Å²) in [7, 11) is 0. The zero-order valence-electron chi connectivity index (χ0n) is 6.86. The Kier molecular flexibility index (Phi) is 1.91. The second-order valence-electron chi connectivity index (χ2n) is 2.85. The van der Waals surface area contributed by atoms with Crippen molar-refractivity contribution in [3.8, 4) is 0 Å². The third kappa shape index (κ3) is 1.37. The molecule has 1 aromatic rings. The highest BCUT2D eigenvalue weighted by molar-refractivity contribution is 7.98. The molecular weight excluding hydrogens is 190 g/mol. The standard InChI is InChI=1S/C7H9N3O2S/c8-7-4-2-13-3-5(4)9-10(7)1-6(11)12/h1-3,8H2,(H,11,12). The molecule has 0 fully saturated rings. The summed E-state index contributed by atoms with van der Waals surface area (Å²) in [5, 5.41) is 12.7. The van der Waals surface area contributed by atoms with Crippen molar-refractivity contribution < 1.29 is 9.90 Å². The Labute approximate surface area is 78.9 Å². The molecule has 2 rings (SSSR count). The van der Waals surface area contributed by atoms with Crippen LogP contribution in [0.3, 0.4) is 0 Å². The van der Waals surface area contributed by atoms with E-state index >= 15 is 0 Å². The molecule has 0 bridgehead atoms. The number of carboxylic acid groups (broad SMARTS) is 1. The second kappa shape index (κ2) is 2.95. The summed E-state index contributed by atoms with van der Waals surface area (Å²) in [5.74, 6) is 1.27. The number of hydrogen-bond acceptors (Lipinski definition) is 4. The number of thioether (sulfide) groups is 1. The summed E-state index contributed by atoms with van der Waals surface area (Å²) in [4.78, 5) is 10.4. The first kappa shape index (κ1) is 8.43. The van der Waals surface area contributed by atoms with Gasteiger partial charge >= 0.3 is 5.97 Å². The number of carboxylic acids is 1. The molecule has 0 radical (unpaired) electrons. The van der Waals surface area contributed by atoms with E-state index in [0.717, 1.165) is 22.8 Å². The number of carbonyl (C=O) groups is 1. The highest BCUT2D eigenvalue weighted by atomic mass is 32.2. The molecule has 1 aliphatic rings. The van der Waals surface area contributed by atoms with Crippen LogP contribution in [0.4, 0.5) is 5.82 Å². The first-order valence-electron chi connectivity index (χ1n) is 3.82. The summed E-state index contributed by atoms with van der Waals surface area (Å²) in [6, 6.07) is 0. The van der Waals surface area contributed by atoms with Crippen molar-refractivity contribution >= 4 is 23.5 Å². The molecule has 2 heterocycles. The molecule has 13 heavy (non-hydrogen) atoms. The van der Waals surface area contributed by atoms with Gasteiger partial charge in [0.2, 0.25) is 0 Å². The smallest absolute Gasteiger partial charge is 0.325 e. The van der Waals surface area contributed by atoms with E-state index in [2.05, 4.69) is 5.10 Å². The van der Waals surface area contributed by atoms with Crippen LogP contribution in [0.2, 0.25) is 0 Å². The number of hydrogen-bond donors (Lipinski definition) is 2. The fourth-order valence-electron chi connectivity index (χ4n) is 1.34. The highest BCUT2D eigenvalue weighted by Gasteiger charge is 2.21. The Morgan fingerprint density at radius 2 is 2.46 bits per heavy atom. The summed E-state index contributed by atoms with van der Waals surface area (Å²) < 4.78 is 1.35. The number of rotatable bonds is 2. The minimum atomic E-state index is -0.916. The number of aromatic nitrogens is 2. The Morgan fingerprint density at radius 3 is 3.08 bits per heavy atom. The van der Waals surface area contributed by atoms with Crippen LogP contribution in [0.15, 0.2) is 0 Å². The van der Waals surface area contributed by atoms with Gasteiger partial charge in [-0.1, -0.05) is 0 Å². The number of fused-ring (bicyclic) bond motifs is 1. The lowest BCUT2D eigenvalue weighted by molar-refractivity contribution is -0.137. The van der Waals surface area contributed by atoms with Crippen molar-refractivity contribution in [2.45, 2.75) is 18.1 Å². The van der Waals surface area contributed by atoms with E-state index in [1.165, 1.54) is 4.68 Å². The van der Waals surface area contributed by atoms with E-state index in [9.17, 15) is 4.79 Å². The average molecular weight is 199 g/mol. The predicted octanol–water partition coefficient (Wildman–Crippen LogP) is 0.297. The summed E-state index contributed by atoms with van der Waals surface area (Å²) in [5.41, 5.74) is 7.67. The molecule has 0 saturated heterocycles. The van der Waals surface area contributed by atoms with E-state index in [4.69, 9.17) is 10.8 Å². The van der Waals surface area contributed by atoms with Crippen molar-refractivity contribution in [2.24, 2.45) is 0 Å². The van der Waals surface area contributed by atoms with Gasteiger partial charge in [-0.3, -0.25) is 4.79 Å². The van der Waals surface area contributed by atoms with Gasteiger partial charge in [0.15, 0.2) is 0 Å². The van der Waals surface area contributed by atoms with Crippen LogP contribution in [-0.2, 0) is 22.8 Å². The molecule has 0 aliphatic carbocycles. The molecule has 70 valence electrons. The van der Waals surface area contributed by atoms with E-state index in [1.807, 2.05) is 0 Å². The van der Waals surface area contributed by atoms with Crippen molar-refractivity contribution in [3.63, 3.8) is 0 Å². The average Bonchev–Trinajstić information content (AvgIpc) is 2.56. The molecule has 1 aliphatic heterocycles. The van der Waals surface area contributed by atoms with Gasteiger partial charge in [-0.15, -0.1) is 0 Å².